The van der Waals surface area contributed by atoms with E-state index in [9.17, 15) is 8.42 Å². The zero-order valence-corrected chi connectivity index (χ0v) is 15.7. The fourth-order valence-corrected chi connectivity index (χ4v) is 3.02. The first-order chi connectivity index (χ1) is 11.1. The molecule has 0 atom stereocenters. The summed E-state index contributed by atoms with van der Waals surface area (Å²) in [6, 6.07) is 0. The number of unbranched alkanes of at least 4 members (excludes halogenated alkanes) is 10. The van der Waals surface area contributed by atoms with Gasteiger partial charge in [0.2, 0.25) is 0 Å². The highest BCUT2D eigenvalue weighted by molar-refractivity contribution is 7.85. The zero-order chi connectivity index (χ0) is 17.2. The number of hydrogen-bond acceptors (Lipinski definition) is 2. The van der Waals surface area contributed by atoms with Gasteiger partial charge < -0.3 is 0 Å². The molecule has 0 radical (unpaired) electrons. The molecule has 23 heavy (non-hydrogen) atoms. The van der Waals surface area contributed by atoms with Gasteiger partial charge in [0.05, 0.1) is 5.75 Å². The SMILES string of the molecule is CCCCCC=CCC=CCCCCCCCCCS(=O)(=O)O. The van der Waals surface area contributed by atoms with E-state index in [0.29, 0.717) is 6.42 Å². The van der Waals surface area contributed by atoms with Crippen molar-refractivity contribution in [2.24, 2.45) is 0 Å². The van der Waals surface area contributed by atoms with Crippen LogP contribution in [0.3, 0.4) is 0 Å². The Kier molecular flexibility index (Phi) is 15.8. The third-order valence-corrected chi connectivity index (χ3v) is 4.66. The second kappa shape index (κ2) is 16.3. The molecule has 3 nitrogen and oxygen atoms in total. The van der Waals surface area contributed by atoms with E-state index in [2.05, 4.69) is 31.2 Å². The van der Waals surface area contributed by atoms with Gasteiger partial charge >= 0.3 is 0 Å². The Bertz CT molecular complexity index is 397. The van der Waals surface area contributed by atoms with Crippen molar-refractivity contribution in [1.29, 1.82) is 0 Å². The maximum absolute atomic E-state index is 10.5. The molecule has 0 spiro atoms. The normalized spacial score (nSPS) is 12.6. The van der Waals surface area contributed by atoms with E-state index in [1.54, 1.807) is 0 Å². The lowest BCUT2D eigenvalue weighted by atomic mass is 10.1. The van der Waals surface area contributed by atoms with Gasteiger partial charge in [0.25, 0.3) is 10.1 Å². The van der Waals surface area contributed by atoms with Crippen molar-refractivity contribution < 1.29 is 13.0 Å². The molecule has 0 aromatic heterocycles. The molecule has 0 aliphatic heterocycles. The number of allylic oxidation sites excluding steroid dienone is 4. The topological polar surface area (TPSA) is 54.4 Å². The highest BCUT2D eigenvalue weighted by Gasteiger charge is 2.02. The average Bonchev–Trinajstić information content (AvgIpc) is 2.49. The average molecular weight is 345 g/mol. The first-order valence-corrected chi connectivity index (χ1v) is 10.9. The van der Waals surface area contributed by atoms with Crippen LogP contribution in [0.4, 0.5) is 0 Å². The molecular formula is C19H36O3S. The van der Waals surface area contributed by atoms with Gasteiger partial charge in [-0.25, -0.2) is 0 Å². The van der Waals surface area contributed by atoms with Crippen molar-refractivity contribution in [3.8, 4) is 0 Å². The first kappa shape index (κ1) is 22.4. The van der Waals surface area contributed by atoms with E-state index in [1.807, 2.05) is 0 Å². The summed E-state index contributed by atoms with van der Waals surface area (Å²) in [5.41, 5.74) is 0. The predicted molar refractivity (Wildman–Crippen MR) is 100 cm³/mol. The molecule has 4 heteroatoms. The van der Waals surface area contributed by atoms with Gasteiger partial charge in [-0.3, -0.25) is 4.55 Å². The summed E-state index contributed by atoms with van der Waals surface area (Å²) in [5.74, 6) is -0.0924. The van der Waals surface area contributed by atoms with Gasteiger partial charge in [-0.05, 0) is 38.5 Å². The van der Waals surface area contributed by atoms with E-state index in [-0.39, 0.29) is 5.75 Å². The van der Waals surface area contributed by atoms with Crippen LogP contribution in [-0.2, 0) is 10.1 Å². The number of hydrogen-bond donors (Lipinski definition) is 1. The van der Waals surface area contributed by atoms with Crippen molar-refractivity contribution in [3.63, 3.8) is 0 Å². The Labute approximate surface area is 144 Å². The van der Waals surface area contributed by atoms with E-state index in [1.165, 1.54) is 44.9 Å². The molecule has 0 unspecified atom stereocenters. The van der Waals surface area contributed by atoms with Crippen LogP contribution in [0.25, 0.3) is 0 Å². The first-order valence-electron chi connectivity index (χ1n) is 9.31. The third-order valence-electron chi connectivity index (χ3n) is 3.85. The van der Waals surface area contributed by atoms with Gasteiger partial charge in [-0.2, -0.15) is 8.42 Å². The summed E-state index contributed by atoms with van der Waals surface area (Å²) in [5, 5.41) is 0. The van der Waals surface area contributed by atoms with E-state index in [0.717, 1.165) is 32.1 Å². The molecule has 0 aromatic rings. The molecule has 0 aliphatic carbocycles. The molecule has 0 saturated heterocycles. The highest BCUT2D eigenvalue weighted by Crippen LogP contribution is 2.09. The third kappa shape index (κ3) is 21.4. The van der Waals surface area contributed by atoms with Crippen molar-refractivity contribution in [2.75, 3.05) is 5.75 Å². The van der Waals surface area contributed by atoms with E-state index >= 15 is 0 Å². The Hall–Kier alpha value is -0.610. The Morgan fingerprint density at radius 1 is 0.696 bits per heavy atom. The van der Waals surface area contributed by atoms with Crippen LogP contribution < -0.4 is 0 Å². The maximum atomic E-state index is 10.5. The molecule has 136 valence electrons. The largest absolute Gasteiger partial charge is 0.286 e. The summed E-state index contributed by atoms with van der Waals surface area (Å²) in [6.45, 7) is 2.23. The monoisotopic (exact) mass is 344 g/mol. The summed E-state index contributed by atoms with van der Waals surface area (Å²) in [6.07, 6.45) is 23.9. The summed E-state index contributed by atoms with van der Waals surface area (Å²) < 4.78 is 29.7. The van der Waals surface area contributed by atoms with Crippen molar-refractivity contribution in [1.82, 2.24) is 0 Å². The summed E-state index contributed by atoms with van der Waals surface area (Å²) >= 11 is 0. The highest BCUT2D eigenvalue weighted by atomic mass is 32.2. The Balaban J connectivity index is 3.22. The Morgan fingerprint density at radius 3 is 1.70 bits per heavy atom. The van der Waals surface area contributed by atoms with Crippen LogP contribution in [-0.4, -0.2) is 18.7 Å². The Morgan fingerprint density at radius 2 is 1.17 bits per heavy atom. The van der Waals surface area contributed by atoms with Gasteiger partial charge in [-0.1, -0.05) is 76.2 Å². The second-order valence-electron chi connectivity index (χ2n) is 6.22. The van der Waals surface area contributed by atoms with Gasteiger partial charge in [0.1, 0.15) is 0 Å². The van der Waals surface area contributed by atoms with E-state index in [4.69, 9.17) is 4.55 Å². The second-order valence-corrected chi connectivity index (χ2v) is 7.80. The quantitative estimate of drug-likeness (QED) is 0.210. The number of rotatable bonds is 16. The maximum Gasteiger partial charge on any atom is 0.264 e. The minimum absolute atomic E-state index is 0.0924. The molecule has 1 N–H and O–H groups in total. The lowest BCUT2D eigenvalue weighted by Gasteiger charge is -2.00. The van der Waals surface area contributed by atoms with Crippen molar-refractivity contribution in [3.05, 3.63) is 24.3 Å². The zero-order valence-electron chi connectivity index (χ0n) is 14.9. The van der Waals surface area contributed by atoms with Crippen LogP contribution in [0.1, 0.15) is 90.4 Å². The molecule has 0 amide bonds. The molecule has 0 aromatic carbocycles. The predicted octanol–water partition coefficient (Wildman–Crippen LogP) is 6.08. The molecule has 0 fully saturated rings. The molecule has 0 saturated carbocycles. The van der Waals surface area contributed by atoms with Crippen molar-refractivity contribution >= 4 is 10.1 Å². The standard InChI is InChI=1S/C19H36O3S/c1-2-3-4-5-6-7-8-9-10-11-12-13-14-15-16-17-18-19-23(20,21)22/h6-7,9-10H,2-5,8,11-19H2,1H3,(H,20,21,22). The summed E-state index contributed by atoms with van der Waals surface area (Å²) in [7, 11) is -3.76. The van der Waals surface area contributed by atoms with Crippen LogP contribution in [0, 0.1) is 0 Å². The van der Waals surface area contributed by atoms with Crippen LogP contribution >= 0.6 is 0 Å². The molecule has 0 heterocycles. The van der Waals surface area contributed by atoms with Gasteiger partial charge in [0, 0.05) is 0 Å². The fourth-order valence-electron chi connectivity index (χ4n) is 2.45. The van der Waals surface area contributed by atoms with Crippen LogP contribution in [0.2, 0.25) is 0 Å². The van der Waals surface area contributed by atoms with Gasteiger partial charge in [-0.15, -0.1) is 0 Å². The molecule has 0 aliphatic rings. The van der Waals surface area contributed by atoms with Crippen molar-refractivity contribution in [2.45, 2.75) is 90.4 Å². The summed E-state index contributed by atoms with van der Waals surface area (Å²) in [4.78, 5) is 0. The lowest BCUT2D eigenvalue weighted by molar-refractivity contribution is 0.478. The minimum atomic E-state index is -3.76. The van der Waals surface area contributed by atoms with Crippen LogP contribution in [0.15, 0.2) is 24.3 Å². The fraction of sp³-hybridized carbons (Fsp3) is 0.789. The van der Waals surface area contributed by atoms with E-state index < -0.39 is 10.1 Å². The smallest absolute Gasteiger partial charge is 0.264 e. The molecule has 0 bridgehead atoms. The van der Waals surface area contributed by atoms with Crippen LogP contribution in [0.5, 0.6) is 0 Å². The lowest BCUT2D eigenvalue weighted by Crippen LogP contribution is -2.03. The molecule has 0 rings (SSSR count). The van der Waals surface area contributed by atoms with Gasteiger partial charge in [0.15, 0.2) is 0 Å². The molecular weight excluding hydrogens is 308 g/mol. The minimum Gasteiger partial charge on any atom is -0.286 e.